The van der Waals surface area contributed by atoms with Crippen LogP contribution in [0.15, 0.2) is 18.2 Å². The Balaban J connectivity index is 2.26. The summed E-state index contributed by atoms with van der Waals surface area (Å²) in [5.74, 6) is 2.25. The first-order chi connectivity index (χ1) is 6.85. The molecule has 1 aromatic rings. The van der Waals surface area contributed by atoms with Crippen LogP contribution in [0.3, 0.4) is 0 Å². The third-order valence-electron chi connectivity index (χ3n) is 2.76. The Labute approximate surface area is 84.8 Å². The van der Waals surface area contributed by atoms with Crippen LogP contribution in [-0.2, 0) is 0 Å². The molecule has 1 unspecified atom stereocenters. The van der Waals surface area contributed by atoms with Crippen molar-refractivity contribution in [2.75, 3.05) is 14.2 Å². The standard InChI is InChI=1S/C12H15O2/c1-13-11-7-6-10(8-12(11)14-2)9-4-3-5-9/h4,6-9H,3,5H2,1-2H3. The van der Waals surface area contributed by atoms with E-state index in [2.05, 4.69) is 18.6 Å². The van der Waals surface area contributed by atoms with Gasteiger partial charge in [0.25, 0.3) is 0 Å². The molecule has 0 saturated heterocycles. The maximum Gasteiger partial charge on any atom is 0.160 e. The lowest BCUT2D eigenvalue weighted by atomic mass is 9.80. The lowest BCUT2D eigenvalue weighted by Crippen LogP contribution is -2.09. The van der Waals surface area contributed by atoms with E-state index in [-0.39, 0.29) is 0 Å². The summed E-state index contributed by atoms with van der Waals surface area (Å²) in [5, 5.41) is 0. The average Bonchev–Trinajstić information content (AvgIpc) is 2.15. The topological polar surface area (TPSA) is 18.5 Å². The molecule has 0 amide bonds. The van der Waals surface area contributed by atoms with Crippen molar-refractivity contribution < 1.29 is 9.47 Å². The maximum atomic E-state index is 5.26. The summed E-state index contributed by atoms with van der Waals surface area (Å²) in [6.07, 6.45) is 4.83. The number of ether oxygens (including phenoxy) is 2. The van der Waals surface area contributed by atoms with Gasteiger partial charge in [-0.1, -0.05) is 6.07 Å². The highest BCUT2D eigenvalue weighted by atomic mass is 16.5. The predicted molar refractivity (Wildman–Crippen MR) is 55.8 cm³/mol. The van der Waals surface area contributed by atoms with E-state index >= 15 is 0 Å². The third-order valence-corrected chi connectivity index (χ3v) is 2.76. The minimum atomic E-state index is 0.620. The zero-order valence-electron chi connectivity index (χ0n) is 8.62. The number of rotatable bonds is 3. The van der Waals surface area contributed by atoms with Gasteiger partial charge < -0.3 is 9.47 Å². The van der Waals surface area contributed by atoms with Gasteiger partial charge in [-0.2, -0.15) is 0 Å². The second-order valence-electron chi connectivity index (χ2n) is 3.53. The third kappa shape index (κ3) is 1.57. The first kappa shape index (κ1) is 9.38. The maximum absolute atomic E-state index is 5.26. The summed E-state index contributed by atoms with van der Waals surface area (Å²) in [7, 11) is 3.33. The van der Waals surface area contributed by atoms with Crippen molar-refractivity contribution in [3.05, 3.63) is 30.2 Å². The Morgan fingerprint density at radius 3 is 2.36 bits per heavy atom. The van der Waals surface area contributed by atoms with Crippen molar-refractivity contribution in [3.8, 4) is 11.5 Å². The summed E-state index contributed by atoms with van der Waals surface area (Å²) < 4.78 is 10.4. The molecule has 0 N–H and O–H groups in total. The first-order valence-electron chi connectivity index (χ1n) is 4.90. The molecule has 0 spiro atoms. The SMILES string of the molecule is COc1ccc(C2[CH]CC2)cc1OC. The Morgan fingerprint density at radius 2 is 1.86 bits per heavy atom. The van der Waals surface area contributed by atoms with Gasteiger partial charge in [0.15, 0.2) is 11.5 Å². The number of methoxy groups -OCH3 is 2. The summed E-state index contributed by atoms with van der Waals surface area (Å²) in [5.41, 5.74) is 1.33. The van der Waals surface area contributed by atoms with Crippen LogP contribution in [0.25, 0.3) is 0 Å². The molecule has 2 nitrogen and oxygen atoms in total. The zero-order chi connectivity index (χ0) is 9.97. The molecular formula is C12H15O2. The molecule has 0 bridgehead atoms. The van der Waals surface area contributed by atoms with Crippen LogP contribution in [-0.4, -0.2) is 14.2 Å². The number of hydrogen-bond donors (Lipinski definition) is 0. The normalized spacial score (nSPS) is 16.1. The van der Waals surface area contributed by atoms with Crippen molar-refractivity contribution >= 4 is 0 Å². The summed E-state index contributed by atoms with van der Waals surface area (Å²) in [6, 6.07) is 6.15. The van der Waals surface area contributed by atoms with E-state index in [1.807, 2.05) is 6.07 Å². The van der Waals surface area contributed by atoms with Crippen LogP contribution in [0.5, 0.6) is 11.5 Å². The largest absolute Gasteiger partial charge is 0.493 e. The molecule has 2 rings (SSSR count). The van der Waals surface area contributed by atoms with Gasteiger partial charge in [-0.25, -0.2) is 0 Å². The van der Waals surface area contributed by atoms with Crippen LogP contribution < -0.4 is 9.47 Å². The van der Waals surface area contributed by atoms with E-state index in [0.717, 1.165) is 11.5 Å². The van der Waals surface area contributed by atoms with Gasteiger partial charge in [0, 0.05) is 0 Å². The highest BCUT2D eigenvalue weighted by molar-refractivity contribution is 5.44. The van der Waals surface area contributed by atoms with Crippen molar-refractivity contribution in [3.63, 3.8) is 0 Å². The molecule has 1 aliphatic carbocycles. The molecule has 0 aromatic heterocycles. The smallest absolute Gasteiger partial charge is 0.160 e. The van der Waals surface area contributed by atoms with Gasteiger partial charge in [0.05, 0.1) is 14.2 Å². The fourth-order valence-electron chi connectivity index (χ4n) is 1.72. The molecular weight excluding hydrogens is 176 g/mol. The Hall–Kier alpha value is -1.18. The van der Waals surface area contributed by atoms with Gasteiger partial charge in [-0.05, 0) is 42.9 Å². The fraction of sp³-hybridized carbons (Fsp3) is 0.417. The molecule has 0 heterocycles. The molecule has 14 heavy (non-hydrogen) atoms. The van der Waals surface area contributed by atoms with Gasteiger partial charge in [-0.3, -0.25) is 0 Å². The van der Waals surface area contributed by atoms with Crippen molar-refractivity contribution in [2.45, 2.75) is 18.8 Å². The molecule has 1 fully saturated rings. The van der Waals surface area contributed by atoms with Gasteiger partial charge in [-0.15, -0.1) is 0 Å². The van der Waals surface area contributed by atoms with Gasteiger partial charge in [0.1, 0.15) is 0 Å². The average molecular weight is 191 g/mol. The van der Waals surface area contributed by atoms with Crippen molar-refractivity contribution in [1.29, 1.82) is 0 Å². The monoisotopic (exact) mass is 191 g/mol. The summed E-state index contributed by atoms with van der Waals surface area (Å²) in [6.45, 7) is 0. The highest BCUT2D eigenvalue weighted by Gasteiger charge is 2.20. The van der Waals surface area contributed by atoms with E-state index < -0.39 is 0 Å². The molecule has 0 aliphatic heterocycles. The first-order valence-corrected chi connectivity index (χ1v) is 4.90. The summed E-state index contributed by atoms with van der Waals surface area (Å²) in [4.78, 5) is 0. The fourth-order valence-corrected chi connectivity index (χ4v) is 1.72. The zero-order valence-corrected chi connectivity index (χ0v) is 8.62. The Kier molecular flexibility index (Phi) is 2.62. The Bertz CT molecular complexity index is 316. The quantitative estimate of drug-likeness (QED) is 0.731. The lowest BCUT2D eigenvalue weighted by molar-refractivity contribution is 0.354. The van der Waals surface area contributed by atoms with Crippen LogP contribution >= 0.6 is 0 Å². The van der Waals surface area contributed by atoms with Crippen LogP contribution in [0.2, 0.25) is 0 Å². The number of hydrogen-bond acceptors (Lipinski definition) is 2. The van der Waals surface area contributed by atoms with Gasteiger partial charge >= 0.3 is 0 Å². The van der Waals surface area contributed by atoms with Gasteiger partial charge in [0.2, 0.25) is 0 Å². The van der Waals surface area contributed by atoms with Crippen LogP contribution in [0.4, 0.5) is 0 Å². The molecule has 75 valence electrons. The van der Waals surface area contributed by atoms with Crippen molar-refractivity contribution in [2.24, 2.45) is 0 Å². The molecule has 1 aromatic carbocycles. The summed E-state index contributed by atoms with van der Waals surface area (Å²) >= 11 is 0. The predicted octanol–water partition coefficient (Wildman–Crippen LogP) is 2.79. The molecule has 1 aliphatic rings. The lowest BCUT2D eigenvalue weighted by Gasteiger charge is -2.25. The van der Waals surface area contributed by atoms with E-state index in [9.17, 15) is 0 Å². The van der Waals surface area contributed by atoms with E-state index in [1.165, 1.54) is 18.4 Å². The molecule has 1 atom stereocenters. The molecule has 2 heteroatoms. The Morgan fingerprint density at radius 1 is 1.14 bits per heavy atom. The van der Waals surface area contributed by atoms with Crippen LogP contribution in [0, 0.1) is 6.42 Å². The van der Waals surface area contributed by atoms with Crippen molar-refractivity contribution in [1.82, 2.24) is 0 Å². The minimum Gasteiger partial charge on any atom is -0.493 e. The minimum absolute atomic E-state index is 0.620. The number of benzene rings is 1. The highest BCUT2D eigenvalue weighted by Crippen LogP contribution is 2.38. The van der Waals surface area contributed by atoms with E-state index in [1.54, 1.807) is 14.2 Å². The molecule has 1 saturated carbocycles. The van der Waals surface area contributed by atoms with E-state index in [4.69, 9.17) is 9.47 Å². The second kappa shape index (κ2) is 3.91. The molecule has 1 radical (unpaired) electrons. The van der Waals surface area contributed by atoms with E-state index in [0.29, 0.717) is 5.92 Å². The second-order valence-corrected chi connectivity index (χ2v) is 3.53. The van der Waals surface area contributed by atoms with Crippen LogP contribution in [0.1, 0.15) is 24.3 Å².